The second-order valence-corrected chi connectivity index (χ2v) is 6.94. The Labute approximate surface area is 145 Å². The molecule has 2 aromatic heterocycles. The molecule has 2 atom stereocenters. The van der Waals surface area contributed by atoms with Crippen molar-refractivity contribution in [2.75, 3.05) is 6.54 Å². The fourth-order valence-electron chi connectivity index (χ4n) is 3.70. The van der Waals surface area contributed by atoms with Gasteiger partial charge in [-0.3, -0.25) is 0 Å². The first-order valence-corrected chi connectivity index (χ1v) is 8.66. The first-order chi connectivity index (χ1) is 11.6. The van der Waals surface area contributed by atoms with Gasteiger partial charge in [-0.15, -0.1) is 0 Å². The number of benzene rings is 1. The van der Waals surface area contributed by atoms with Crippen molar-refractivity contribution in [3.8, 4) is 11.1 Å². The third-order valence-electron chi connectivity index (χ3n) is 4.90. The first-order valence-electron chi connectivity index (χ1n) is 8.28. The monoisotopic (exact) mass is 343 g/mol. The highest BCUT2D eigenvalue weighted by Gasteiger charge is 2.22. The van der Waals surface area contributed by atoms with Crippen molar-refractivity contribution in [1.29, 1.82) is 0 Å². The van der Waals surface area contributed by atoms with Gasteiger partial charge < -0.3 is 10.3 Å². The van der Waals surface area contributed by atoms with Crippen LogP contribution in [0.3, 0.4) is 0 Å². The largest absolute Gasteiger partial charge is 0.343 e. The summed E-state index contributed by atoms with van der Waals surface area (Å²) >= 11 is 6.59. The second kappa shape index (κ2) is 6.19. The minimum absolute atomic E-state index is 0.291. The average molecular weight is 344 g/mol. The van der Waals surface area contributed by atoms with Gasteiger partial charge in [-0.1, -0.05) is 23.7 Å². The van der Waals surface area contributed by atoms with E-state index in [-0.39, 0.29) is 5.82 Å². The molecule has 1 aliphatic heterocycles. The molecule has 2 unspecified atom stereocenters. The van der Waals surface area contributed by atoms with Crippen molar-refractivity contribution in [2.45, 2.75) is 31.7 Å². The number of nitrogens with one attached hydrogen (secondary N) is 2. The van der Waals surface area contributed by atoms with E-state index in [2.05, 4.69) is 28.3 Å². The minimum atomic E-state index is -0.291. The smallest absolute Gasteiger partial charge is 0.150 e. The predicted molar refractivity (Wildman–Crippen MR) is 95.9 cm³/mol. The van der Waals surface area contributed by atoms with Crippen LogP contribution in [0.2, 0.25) is 5.02 Å². The summed E-state index contributed by atoms with van der Waals surface area (Å²) in [5, 5.41) is 4.73. The maximum Gasteiger partial charge on any atom is 0.150 e. The first kappa shape index (κ1) is 15.6. The Bertz CT molecular complexity index is 889. The van der Waals surface area contributed by atoms with Crippen LogP contribution in [0.15, 0.2) is 36.7 Å². The number of piperidine rings is 1. The van der Waals surface area contributed by atoms with E-state index < -0.39 is 0 Å². The summed E-state index contributed by atoms with van der Waals surface area (Å²) < 4.78 is 14.1. The number of fused-ring (bicyclic) bond motifs is 1. The summed E-state index contributed by atoms with van der Waals surface area (Å²) in [6, 6.07) is 8.42. The molecule has 5 heteroatoms. The quantitative estimate of drug-likeness (QED) is 0.696. The number of pyridine rings is 1. The van der Waals surface area contributed by atoms with Gasteiger partial charge >= 0.3 is 0 Å². The fraction of sp³-hybridized carbons (Fsp3) is 0.316. The third-order valence-corrected chi connectivity index (χ3v) is 5.23. The van der Waals surface area contributed by atoms with E-state index >= 15 is 0 Å². The number of aromatic amines is 1. The Hall–Kier alpha value is -1.91. The van der Waals surface area contributed by atoms with E-state index in [4.69, 9.17) is 11.6 Å². The molecule has 3 nitrogen and oxygen atoms in total. The van der Waals surface area contributed by atoms with E-state index in [9.17, 15) is 4.39 Å². The Morgan fingerprint density at radius 2 is 2.17 bits per heavy atom. The molecule has 2 N–H and O–H groups in total. The summed E-state index contributed by atoms with van der Waals surface area (Å²) in [6.45, 7) is 3.22. The molecule has 1 aromatic carbocycles. The van der Waals surface area contributed by atoms with Crippen LogP contribution in [0.1, 0.15) is 31.2 Å². The normalized spacial score (nSPS) is 21.3. The SMILES string of the molecule is CC1CC(c2ccc(-c3ccnc4[nH]cc(F)c34)cc2Cl)CCN1. The number of aromatic nitrogens is 2. The van der Waals surface area contributed by atoms with Gasteiger partial charge in [0.1, 0.15) is 5.65 Å². The van der Waals surface area contributed by atoms with Crippen LogP contribution in [0.5, 0.6) is 0 Å². The fourth-order valence-corrected chi connectivity index (χ4v) is 4.03. The van der Waals surface area contributed by atoms with Crippen molar-refractivity contribution < 1.29 is 4.39 Å². The molecule has 1 aliphatic rings. The maximum atomic E-state index is 14.1. The van der Waals surface area contributed by atoms with Gasteiger partial charge in [0, 0.05) is 23.5 Å². The van der Waals surface area contributed by atoms with Gasteiger partial charge in [0.2, 0.25) is 0 Å². The maximum absolute atomic E-state index is 14.1. The molecule has 1 fully saturated rings. The number of hydrogen-bond donors (Lipinski definition) is 2. The van der Waals surface area contributed by atoms with Crippen LogP contribution in [0, 0.1) is 5.82 Å². The summed E-state index contributed by atoms with van der Waals surface area (Å²) in [6.07, 6.45) is 5.21. The van der Waals surface area contributed by atoms with Crippen LogP contribution < -0.4 is 5.32 Å². The van der Waals surface area contributed by atoms with E-state index in [1.54, 1.807) is 6.20 Å². The van der Waals surface area contributed by atoms with Crippen LogP contribution in [-0.4, -0.2) is 22.6 Å². The second-order valence-electron chi connectivity index (χ2n) is 6.53. The lowest BCUT2D eigenvalue weighted by atomic mass is 9.86. The van der Waals surface area contributed by atoms with Gasteiger partial charge in [-0.05, 0) is 61.1 Å². The van der Waals surface area contributed by atoms with Crippen LogP contribution >= 0.6 is 11.6 Å². The Kier molecular flexibility index (Phi) is 4.02. The van der Waals surface area contributed by atoms with Gasteiger partial charge in [0.25, 0.3) is 0 Å². The molecular weight excluding hydrogens is 325 g/mol. The average Bonchev–Trinajstić information content (AvgIpc) is 2.96. The van der Waals surface area contributed by atoms with E-state index in [0.717, 1.165) is 35.5 Å². The van der Waals surface area contributed by atoms with Crippen LogP contribution in [0.4, 0.5) is 4.39 Å². The number of hydrogen-bond acceptors (Lipinski definition) is 2. The lowest BCUT2D eigenvalue weighted by Crippen LogP contribution is -2.34. The molecule has 3 heterocycles. The highest BCUT2D eigenvalue weighted by molar-refractivity contribution is 6.31. The lowest BCUT2D eigenvalue weighted by Gasteiger charge is -2.29. The van der Waals surface area contributed by atoms with Crippen molar-refractivity contribution in [2.24, 2.45) is 0 Å². The number of halogens is 2. The minimum Gasteiger partial charge on any atom is -0.343 e. The molecule has 0 radical (unpaired) electrons. The molecule has 4 rings (SSSR count). The summed E-state index contributed by atoms with van der Waals surface area (Å²) in [5.41, 5.74) is 3.47. The molecule has 0 amide bonds. The van der Waals surface area contributed by atoms with Gasteiger partial charge in [-0.2, -0.15) is 0 Å². The zero-order valence-electron chi connectivity index (χ0n) is 13.4. The lowest BCUT2D eigenvalue weighted by molar-refractivity contribution is 0.381. The van der Waals surface area contributed by atoms with E-state index in [1.165, 1.54) is 11.8 Å². The Morgan fingerprint density at radius 1 is 1.29 bits per heavy atom. The van der Waals surface area contributed by atoms with Gasteiger partial charge in [0.15, 0.2) is 5.82 Å². The molecule has 0 aliphatic carbocycles. The molecule has 3 aromatic rings. The summed E-state index contributed by atoms with van der Waals surface area (Å²) in [7, 11) is 0. The van der Waals surface area contributed by atoms with Crippen molar-refractivity contribution >= 4 is 22.6 Å². The van der Waals surface area contributed by atoms with Crippen LogP contribution in [-0.2, 0) is 0 Å². The third kappa shape index (κ3) is 2.70. The molecule has 1 saturated heterocycles. The molecule has 0 bridgehead atoms. The van der Waals surface area contributed by atoms with E-state index in [0.29, 0.717) is 23.0 Å². The zero-order valence-corrected chi connectivity index (χ0v) is 14.2. The topological polar surface area (TPSA) is 40.7 Å². The molecule has 0 saturated carbocycles. The predicted octanol–water partition coefficient (Wildman–Crippen LogP) is 4.88. The number of nitrogens with zero attached hydrogens (tertiary/aromatic N) is 1. The van der Waals surface area contributed by atoms with Crippen molar-refractivity contribution in [1.82, 2.24) is 15.3 Å². The molecule has 124 valence electrons. The molecular formula is C19H19ClFN3. The van der Waals surface area contributed by atoms with Gasteiger partial charge in [-0.25, -0.2) is 9.37 Å². The highest BCUT2D eigenvalue weighted by Crippen LogP contribution is 2.37. The highest BCUT2D eigenvalue weighted by atomic mass is 35.5. The van der Waals surface area contributed by atoms with Gasteiger partial charge in [0.05, 0.1) is 5.39 Å². The summed E-state index contributed by atoms with van der Waals surface area (Å²) in [5.74, 6) is 0.185. The molecule has 24 heavy (non-hydrogen) atoms. The number of rotatable bonds is 2. The zero-order chi connectivity index (χ0) is 16.7. The van der Waals surface area contributed by atoms with Crippen molar-refractivity contribution in [3.63, 3.8) is 0 Å². The Balaban J connectivity index is 1.75. The Morgan fingerprint density at radius 3 is 2.96 bits per heavy atom. The van der Waals surface area contributed by atoms with Crippen molar-refractivity contribution in [3.05, 3.63) is 53.1 Å². The van der Waals surface area contributed by atoms with Crippen LogP contribution in [0.25, 0.3) is 22.2 Å². The molecule has 0 spiro atoms. The standard InChI is InChI=1S/C19H19ClFN3/c1-11-8-13(4-6-22-11)14-3-2-12(9-16(14)20)15-5-7-23-19-18(15)17(21)10-24-19/h2-3,5,7,9-11,13,22H,4,6,8H2,1H3,(H,23,24). The number of H-pyrrole nitrogens is 1. The van der Waals surface area contributed by atoms with E-state index in [1.807, 2.05) is 18.2 Å². The summed E-state index contributed by atoms with van der Waals surface area (Å²) in [4.78, 5) is 7.03.